The lowest BCUT2D eigenvalue weighted by Gasteiger charge is -2.35. The second-order valence-electron chi connectivity index (χ2n) is 13.4. The number of phenolic OH excluding ortho intramolecular Hbond substituents is 1. The fourth-order valence-electron chi connectivity index (χ4n) is 8.84. The van der Waals surface area contributed by atoms with Crippen molar-refractivity contribution in [3.8, 4) is 24.0 Å². The van der Waals surface area contributed by atoms with E-state index in [2.05, 4.69) is 27.1 Å². The van der Waals surface area contributed by atoms with Crippen LogP contribution < -0.4 is 15.0 Å². The van der Waals surface area contributed by atoms with Gasteiger partial charge in [-0.05, 0) is 106 Å². The van der Waals surface area contributed by atoms with Crippen LogP contribution in [0.15, 0.2) is 41.4 Å². The van der Waals surface area contributed by atoms with Gasteiger partial charge in [0.2, 0.25) is 5.88 Å². The van der Waals surface area contributed by atoms with E-state index in [1.807, 2.05) is 30.5 Å². The van der Waals surface area contributed by atoms with Crippen molar-refractivity contribution in [2.45, 2.75) is 81.5 Å². The predicted octanol–water partition coefficient (Wildman–Crippen LogP) is 5.37. The summed E-state index contributed by atoms with van der Waals surface area (Å²) in [5, 5.41) is 16.3. The number of hydrogen-bond acceptors (Lipinski definition) is 7. The molecular formula is C36H41N5O2. The fraction of sp³-hybridized carbons (Fsp3) is 0.500. The fourth-order valence-corrected chi connectivity index (χ4v) is 8.84. The number of piperazine rings is 1. The number of aliphatic imine (C=N–C) groups is 1. The van der Waals surface area contributed by atoms with E-state index in [1.54, 1.807) is 6.07 Å². The Morgan fingerprint density at radius 2 is 1.91 bits per heavy atom. The van der Waals surface area contributed by atoms with E-state index in [-0.39, 0.29) is 11.8 Å². The van der Waals surface area contributed by atoms with Crippen LogP contribution in [0.2, 0.25) is 0 Å². The normalized spacial score (nSPS) is 25.3. The number of nitrogens with zero attached hydrogens (tertiary/aromatic N) is 4. The van der Waals surface area contributed by atoms with Crippen molar-refractivity contribution in [2.75, 3.05) is 37.7 Å². The van der Waals surface area contributed by atoms with Crippen molar-refractivity contribution >= 4 is 22.8 Å². The number of nitrogens with one attached hydrogen (secondary N) is 1. The number of benzene rings is 2. The Balaban J connectivity index is 1.09. The molecule has 0 spiro atoms. The zero-order valence-corrected chi connectivity index (χ0v) is 24.9. The number of phenols is 1. The van der Waals surface area contributed by atoms with Crippen molar-refractivity contribution in [2.24, 2.45) is 4.99 Å². The minimum Gasteiger partial charge on any atom is -0.508 e. The lowest BCUT2D eigenvalue weighted by Crippen LogP contribution is -2.51. The molecule has 6 heterocycles. The van der Waals surface area contributed by atoms with Crippen LogP contribution in [-0.4, -0.2) is 71.6 Å². The second-order valence-corrected chi connectivity index (χ2v) is 13.4. The summed E-state index contributed by atoms with van der Waals surface area (Å²) >= 11 is 0. The number of terminal acetylenes is 1. The first-order valence-corrected chi connectivity index (χ1v) is 16.3. The highest BCUT2D eigenvalue weighted by molar-refractivity contribution is 5.94. The van der Waals surface area contributed by atoms with Gasteiger partial charge in [0.25, 0.3) is 0 Å². The summed E-state index contributed by atoms with van der Waals surface area (Å²) < 4.78 is 6.47. The Labute approximate surface area is 254 Å². The van der Waals surface area contributed by atoms with E-state index in [4.69, 9.17) is 21.1 Å². The van der Waals surface area contributed by atoms with Gasteiger partial charge in [0.05, 0.1) is 12.6 Å². The van der Waals surface area contributed by atoms with Crippen LogP contribution in [0.1, 0.15) is 79.7 Å². The maximum Gasteiger partial charge on any atom is 0.215 e. The van der Waals surface area contributed by atoms with Gasteiger partial charge in [-0.2, -0.15) is 4.98 Å². The molecule has 4 saturated heterocycles. The van der Waals surface area contributed by atoms with Crippen molar-refractivity contribution in [3.63, 3.8) is 0 Å². The number of aromatic nitrogens is 1. The summed E-state index contributed by atoms with van der Waals surface area (Å²) in [6.45, 7) is 5.13. The van der Waals surface area contributed by atoms with E-state index in [0.29, 0.717) is 36.5 Å². The Hall–Kier alpha value is -3.60. The summed E-state index contributed by atoms with van der Waals surface area (Å²) in [5.41, 5.74) is 4.52. The minimum absolute atomic E-state index is 0.0982. The van der Waals surface area contributed by atoms with E-state index in [0.717, 1.165) is 58.4 Å². The average molecular weight is 576 g/mol. The Morgan fingerprint density at radius 3 is 2.70 bits per heavy atom. The second kappa shape index (κ2) is 10.8. The van der Waals surface area contributed by atoms with Crippen LogP contribution in [0.3, 0.4) is 0 Å². The number of fused-ring (bicyclic) bond motifs is 5. The first-order chi connectivity index (χ1) is 21.1. The first-order valence-electron chi connectivity index (χ1n) is 16.3. The molecule has 1 aromatic heterocycles. The van der Waals surface area contributed by atoms with Gasteiger partial charge in [-0.3, -0.25) is 9.89 Å². The monoisotopic (exact) mass is 575 g/mol. The number of aromatic hydroxyl groups is 1. The third kappa shape index (κ3) is 4.85. The van der Waals surface area contributed by atoms with Crippen molar-refractivity contribution in [3.05, 3.63) is 58.7 Å². The molecule has 5 aliphatic heterocycles. The predicted molar refractivity (Wildman–Crippen MR) is 171 cm³/mol. The van der Waals surface area contributed by atoms with Gasteiger partial charge in [-0.25, -0.2) is 0 Å². The third-order valence-corrected chi connectivity index (χ3v) is 10.8. The minimum atomic E-state index is -0.0982. The molecule has 7 nitrogen and oxygen atoms in total. The average Bonchev–Trinajstić information content (AvgIpc) is 3.78. The molecule has 2 aromatic carbocycles. The number of anilines is 1. The third-order valence-electron chi connectivity index (χ3n) is 10.8. The van der Waals surface area contributed by atoms with Crippen molar-refractivity contribution < 1.29 is 9.84 Å². The zero-order chi connectivity index (χ0) is 29.0. The van der Waals surface area contributed by atoms with Gasteiger partial charge in [0.1, 0.15) is 11.6 Å². The molecule has 43 heavy (non-hydrogen) atoms. The van der Waals surface area contributed by atoms with Crippen LogP contribution in [0.25, 0.3) is 10.8 Å². The van der Waals surface area contributed by atoms with E-state index < -0.39 is 0 Å². The molecule has 5 aliphatic rings. The summed E-state index contributed by atoms with van der Waals surface area (Å²) in [5.74, 6) is 4.79. The molecule has 0 aliphatic carbocycles. The molecule has 3 atom stereocenters. The highest BCUT2D eigenvalue weighted by Gasteiger charge is 2.43. The zero-order valence-electron chi connectivity index (χ0n) is 24.9. The topological polar surface area (TPSA) is 73.2 Å². The molecule has 3 unspecified atom stereocenters. The molecule has 0 saturated carbocycles. The molecule has 2 bridgehead atoms. The largest absolute Gasteiger partial charge is 0.508 e. The smallest absolute Gasteiger partial charge is 0.215 e. The van der Waals surface area contributed by atoms with Crippen LogP contribution in [0.5, 0.6) is 11.6 Å². The molecule has 3 aromatic rings. The van der Waals surface area contributed by atoms with Crippen molar-refractivity contribution in [1.82, 2.24) is 15.2 Å². The number of hydrogen-bond donors (Lipinski definition) is 2. The lowest BCUT2D eigenvalue weighted by atomic mass is 9.89. The van der Waals surface area contributed by atoms with E-state index in [9.17, 15) is 5.11 Å². The number of pyridine rings is 1. The molecule has 8 rings (SSSR count). The maximum absolute atomic E-state index is 10.6. The number of rotatable bonds is 8. The highest BCUT2D eigenvalue weighted by Crippen LogP contribution is 2.43. The van der Waals surface area contributed by atoms with E-state index in [1.165, 1.54) is 58.0 Å². The van der Waals surface area contributed by atoms with Gasteiger partial charge in [-0.15, -0.1) is 6.42 Å². The summed E-state index contributed by atoms with van der Waals surface area (Å²) in [4.78, 5) is 15.3. The van der Waals surface area contributed by atoms with E-state index >= 15 is 0 Å². The van der Waals surface area contributed by atoms with Gasteiger partial charge in [-0.1, -0.05) is 18.1 Å². The molecule has 0 radical (unpaired) electrons. The Morgan fingerprint density at radius 1 is 1.09 bits per heavy atom. The van der Waals surface area contributed by atoms with Crippen LogP contribution in [-0.2, 0) is 6.42 Å². The van der Waals surface area contributed by atoms with Gasteiger partial charge in [0, 0.05) is 59.5 Å². The van der Waals surface area contributed by atoms with Crippen LogP contribution >= 0.6 is 0 Å². The summed E-state index contributed by atoms with van der Waals surface area (Å²) in [7, 11) is 0. The SMILES string of the molecule is C#Cc1cccc2cc(O)cc(CC3N=Cc4c3cc(OCCCC35CCCN3CCC5)nc4N3CC4CCC(C3)N4)c12. The van der Waals surface area contributed by atoms with Gasteiger partial charge < -0.3 is 20.1 Å². The molecule has 0 amide bonds. The lowest BCUT2D eigenvalue weighted by molar-refractivity contribution is 0.165. The molecule has 222 valence electrons. The summed E-state index contributed by atoms with van der Waals surface area (Å²) in [6.07, 6.45) is 18.6. The standard InChI is InChI=1S/C36H41N5O2/c1-2-24-7-3-8-25-17-29(42)18-26(34(24)25)19-32-30-20-33(43-16-6-13-36-11-4-14-41(36)15-5-12-36)39-35(31(30)21-37-32)40-22-27-9-10-28(23-40)38-27/h1,3,7-8,17-18,20-21,27-28,32,38,42H,4-6,9-16,19,22-23H2. The van der Waals surface area contributed by atoms with Gasteiger partial charge in [0.15, 0.2) is 0 Å². The van der Waals surface area contributed by atoms with Crippen LogP contribution in [0.4, 0.5) is 5.82 Å². The molecular weight excluding hydrogens is 534 g/mol. The molecule has 7 heteroatoms. The Bertz CT molecular complexity index is 1600. The van der Waals surface area contributed by atoms with Crippen LogP contribution in [0, 0.1) is 12.3 Å². The first kappa shape index (κ1) is 27.0. The molecule has 4 fully saturated rings. The van der Waals surface area contributed by atoms with Crippen molar-refractivity contribution in [1.29, 1.82) is 0 Å². The maximum atomic E-state index is 10.6. The highest BCUT2D eigenvalue weighted by atomic mass is 16.5. The quantitative estimate of drug-likeness (QED) is 0.278. The molecule has 2 N–H and O–H groups in total. The Kier molecular flexibility index (Phi) is 6.80. The summed E-state index contributed by atoms with van der Waals surface area (Å²) in [6, 6.07) is 12.6. The van der Waals surface area contributed by atoms with Gasteiger partial charge >= 0.3 is 0 Å². The number of ether oxygens (including phenoxy) is 1.